The summed E-state index contributed by atoms with van der Waals surface area (Å²) in [4.78, 5) is 55.8. The van der Waals surface area contributed by atoms with Gasteiger partial charge in [-0.05, 0) is 0 Å². The molecule has 96 valence electrons. The molecule has 16 heteroatoms. The van der Waals surface area contributed by atoms with Crippen LogP contribution in [-0.4, -0.2) is 31.0 Å². The molecule has 12 nitrogen and oxygen atoms in total. The minimum absolute atomic E-state index is 0. The molecule has 0 saturated carbocycles. The van der Waals surface area contributed by atoms with Crippen LogP contribution in [0.3, 0.4) is 0 Å². The van der Waals surface area contributed by atoms with E-state index in [1.807, 2.05) is 0 Å². The van der Waals surface area contributed by atoms with Gasteiger partial charge in [-0.3, -0.25) is 0 Å². The van der Waals surface area contributed by atoms with Gasteiger partial charge < -0.3 is 50.3 Å². The van der Waals surface area contributed by atoms with Gasteiger partial charge >= 0.3 is 94.9 Å². The molecule has 0 rings (SSSR count). The number of carboxylic acid groups (broad SMARTS) is 2. The Bertz CT molecular complexity index is 205. The van der Waals surface area contributed by atoms with Crippen molar-refractivity contribution in [3.05, 3.63) is 0 Å². The van der Waals surface area contributed by atoms with E-state index in [0.29, 0.717) is 0 Å². The molecule has 0 atom stereocenters. The first-order chi connectivity index (χ1) is 5.73. The van der Waals surface area contributed by atoms with E-state index in [1.54, 1.807) is 0 Å². The second kappa shape index (κ2) is 18.1. The number of hydrogen-bond acceptors (Lipinski definition) is 6. The number of phosphoric acid groups is 2. The van der Waals surface area contributed by atoms with E-state index >= 15 is 0 Å². The van der Waals surface area contributed by atoms with Crippen molar-refractivity contribution in [2.24, 2.45) is 0 Å². The molecule has 0 bridgehead atoms. The minimum Gasteiger partial charge on any atom is -0.822 e. The third-order valence-electron chi connectivity index (χ3n) is 0. The van der Waals surface area contributed by atoms with Gasteiger partial charge in [-0.15, -0.1) is 0 Å². The predicted octanol–water partition coefficient (Wildman–Crippen LogP) is -9.15. The molecule has 0 radical (unpaired) electrons. The van der Waals surface area contributed by atoms with Crippen LogP contribution in [0.25, 0.3) is 0 Å². The van der Waals surface area contributed by atoms with Crippen molar-refractivity contribution in [2.75, 3.05) is 0 Å². The third kappa shape index (κ3) is 1080. The molecule has 0 aliphatic rings. The largest absolute Gasteiger partial charge is 1.00 e. The summed E-state index contributed by atoms with van der Waals surface area (Å²) in [6, 6.07) is 0. The van der Waals surface area contributed by atoms with Crippen LogP contribution in [0.4, 0.5) is 4.79 Å². The van der Waals surface area contributed by atoms with E-state index in [1.165, 1.54) is 0 Å². The zero-order valence-corrected chi connectivity index (χ0v) is 16.0. The van der Waals surface area contributed by atoms with Crippen molar-refractivity contribution in [3.8, 4) is 0 Å². The SMILES string of the molecule is O=C(O)O.O=P(O)(O)O.O=P([O-])([O-])[O-].[K+].[NH4+].[Na+]. The monoisotopic (exact) mass is 335 g/mol. The summed E-state index contributed by atoms with van der Waals surface area (Å²) in [6.45, 7) is 0. The Hall–Kier alpha value is 2.09. The molecule has 0 aliphatic carbocycles. The van der Waals surface area contributed by atoms with E-state index in [4.69, 9.17) is 53.5 Å². The van der Waals surface area contributed by atoms with E-state index in [2.05, 4.69) is 0 Å². The molecule has 0 heterocycles. The molecule has 0 aliphatic heterocycles. The Morgan fingerprint density at radius 2 is 0.941 bits per heavy atom. The first-order valence-electron chi connectivity index (χ1n) is 2.16. The topological polar surface area (TPSA) is 258 Å². The summed E-state index contributed by atoms with van der Waals surface area (Å²) in [6.07, 6.45) is -1.83. The van der Waals surface area contributed by atoms with Gasteiger partial charge in [-0.2, -0.15) is 7.82 Å². The molecule has 0 spiro atoms. The Kier molecular flexibility index (Phi) is 38.8. The predicted molar refractivity (Wildman–Crippen MR) is 38.5 cm³/mol. The number of carbonyl (C=O) groups is 1. The Labute approximate surface area is 160 Å². The van der Waals surface area contributed by atoms with Gasteiger partial charge in [0.2, 0.25) is 0 Å². The summed E-state index contributed by atoms with van der Waals surface area (Å²) < 4.78 is 17.4. The van der Waals surface area contributed by atoms with Crippen LogP contribution in [0.2, 0.25) is 0 Å². The second-order valence-electron chi connectivity index (χ2n) is 1.24. The molecule has 9 N–H and O–H groups in total. The maximum Gasteiger partial charge on any atom is 1.00 e. The third-order valence-corrected chi connectivity index (χ3v) is 0. The van der Waals surface area contributed by atoms with Crippen molar-refractivity contribution >= 4 is 21.8 Å². The summed E-state index contributed by atoms with van der Waals surface area (Å²) in [7, 11) is -10.0. The van der Waals surface area contributed by atoms with Gasteiger partial charge in [0.25, 0.3) is 0 Å². The first kappa shape index (κ1) is 36.5. The Balaban J connectivity index is -0.0000000247. The van der Waals surface area contributed by atoms with Crippen LogP contribution < -0.4 is 102 Å². The van der Waals surface area contributed by atoms with Gasteiger partial charge in [-0.1, -0.05) is 0 Å². The van der Waals surface area contributed by atoms with Crippen LogP contribution in [0.5, 0.6) is 0 Å². The molecule has 0 aromatic heterocycles. The molecule has 0 fully saturated rings. The van der Waals surface area contributed by atoms with Crippen LogP contribution >= 0.6 is 15.6 Å². The van der Waals surface area contributed by atoms with Gasteiger partial charge in [0.15, 0.2) is 0 Å². The summed E-state index contributed by atoms with van der Waals surface area (Å²) in [5.74, 6) is 0. The Morgan fingerprint density at radius 1 is 0.941 bits per heavy atom. The summed E-state index contributed by atoms with van der Waals surface area (Å²) >= 11 is 0. The van der Waals surface area contributed by atoms with Gasteiger partial charge in [0.1, 0.15) is 0 Å². The minimum atomic E-state index is -5.39. The molecule has 0 amide bonds. The van der Waals surface area contributed by atoms with Crippen molar-refractivity contribution in [1.29, 1.82) is 0 Å². The Morgan fingerprint density at radius 3 is 0.941 bits per heavy atom. The standard InChI is InChI=1S/CH2O3.K.H3N.Na.2H3O4P/c2-1(3)4;;;;2*1-5(2,3)4/h(H2,2,3,4);;1H3;;2*(H3,1,2,3,4)/q;+1;;+1;;/p-2. The fraction of sp³-hybridized carbons (Fsp3) is 0. The molecule has 0 aromatic carbocycles. The smallest absolute Gasteiger partial charge is 0.822 e. The summed E-state index contributed by atoms with van der Waals surface area (Å²) in [5.41, 5.74) is 0. The molecule has 17 heavy (non-hydrogen) atoms. The van der Waals surface area contributed by atoms with Gasteiger partial charge in [0.05, 0.1) is 0 Å². The molecule has 0 unspecified atom stereocenters. The van der Waals surface area contributed by atoms with Crippen LogP contribution in [0.1, 0.15) is 0 Å². The van der Waals surface area contributed by atoms with Crippen molar-refractivity contribution in [3.63, 3.8) is 0 Å². The maximum atomic E-state index is 8.88. The van der Waals surface area contributed by atoms with Crippen LogP contribution in [0, 0.1) is 0 Å². The van der Waals surface area contributed by atoms with E-state index < -0.39 is 21.8 Å². The second-order valence-corrected chi connectivity index (χ2v) is 3.16. The number of hydrogen-bond donors (Lipinski definition) is 6. The average molecular weight is 335 g/mol. The normalized spacial score (nSPS) is 8.35. The van der Waals surface area contributed by atoms with Crippen molar-refractivity contribution < 1.29 is 134 Å². The zero-order chi connectivity index (χ0) is 12.6. The molecule has 0 saturated heterocycles. The molecular weight excluding hydrogens is 326 g/mol. The van der Waals surface area contributed by atoms with Crippen molar-refractivity contribution in [1.82, 2.24) is 6.15 Å². The number of rotatable bonds is 0. The van der Waals surface area contributed by atoms with Crippen molar-refractivity contribution in [2.45, 2.75) is 0 Å². The first-order valence-corrected chi connectivity index (χ1v) is 5.19. The van der Waals surface area contributed by atoms with Crippen LogP contribution in [0.15, 0.2) is 0 Å². The zero-order valence-electron chi connectivity index (χ0n) is 9.08. The van der Waals surface area contributed by atoms with E-state index in [-0.39, 0.29) is 87.1 Å². The average Bonchev–Trinajstić information content (AvgIpc) is 1.45. The van der Waals surface area contributed by atoms with E-state index in [0.717, 1.165) is 0 Å². The fourth-order valence-corrected chi connectivity index (χ4v) is 0. The maximum absolute atomic E-state index is 8.88. The molecular formula is CH9KNNaO11P2. The van der Waals surface area contributed by atoms with Crippen LogP contribution in [-0.2, 0) is 9.13 Å². The summed E-state index contributed by atoms with van der Waals surface area (Å²) in [5, 5.41) is 13.9. The fourth-order valence-electron chi connectivity index (χ4n) is 0. The van der Waals surface area contributed by atoms with Gasteiger partial charge in [-0.25, -0.2) is 9.36 Å². The quantitative estimate of drug-likeness (QED) is 0.179. The van der Waals surface area contributed by atoms with E-state index in [9.17, 15) is 0 Å². The van der Waals surface area contributed by atoms with Gasteiger partial charge in [0, 0.05) is 0 Å². The number of quaternary nitrogens is 1. The molecule has 0 aromatic rings.